The smallest absolute Gasteiger partial charge is 0.251 e. The van der Waals surface area contributed by atoms with Crippen LogP contribution >= 0.6 is 11.6 Å². The Labute approximate surface area is 156 Å². The second kappa shape index (κ2) is 6.23. The van der Waals surface area contributed by atoms with Gasteiger partial charge in [0.2, 0.25) is 10.0 Å². The number of hydrogen-bond acceptors (Lipinski definition) is 3. The van der Waals surface area contributed by atoms with Crippen molar-refractivity contribution in [2.45, 2.75) is 24.8 Å². The Hall–Kier alpha value is -2.15. The molecular formula is C19H17ClN2O3S. The number of pyridine rings is 1. The first-order valence-corrected chi connectivity index (χ1v) is 10.1. The molecule has 2 aromatic carbocycles. The number of halogens is 1. The van der Waals surface area contributed by atoms with E-state index in [1.165, 1.54) is 10.4 Å². The molecule has 1 aromatic heterocycles. The average Bonchev–Trinajstić information content (AvgIpc) is 2.60. The van der Waals surface area contributed by atoms with Crippen LogP contribution in [0.25, 0.3) is 10.9 Å². The van der Waals surface area contributed by atoms with Crippen LogP contribution in [0, 0.1) is 6.92 Å². The monoisotopic (exact) mass is 388 g/mol. The van der Waals surface area contributed by atoms with Gasteiger partial charge in [-0.2, -0.15) is 4.31 Å². The molecule has 134 valence electrons. The standard InChI is InChI=1S/C19H17ClN2O3S/c1-12-7-14-8-13-5-6-22(11-15(13)9-18(14)21-19(12)23)26(24,25)17-4-2-3-16(20)10-17/h2-4,7-10H,5-6,11H2,1H3,(H,21,23). The molecule has 1 aliphatic heterocycles. The minimum Gasteiger partial charge on any atom is -0.322 e. The number of sulfonamides is 1. The van der Waals surface area contributed by atoms with Gasteiger partial charge in [0.25, 0.3) is 5.56 Å². The fourth-order valence-corrected chi connectivity index (χ4v) is 5.05. The molecule has 1 aliphatic rings. The number of rotatable bonds is 2. The molecule has 2 heterocycles. The lowest BCUT2D eigenvalue weighted by molar-refractivity contribution is 0.391. The predicted molar refractivity (Wildman–Crippen MR) is 102 cm³/mol. The summed E-state index contributed by atoms with van der Waals surface area (Å²) in [5.41, 5.74) is 3.28. The highest BCUT2D eigenvalue weighted by Crippen LogP contribution is 2.28. The molecule has 0 unspecified atom stereocenters. The van der Waals surface area contributed by atoms with E-state index >= 15 is 0 Å². The van der Waals surface area contributed by atoms with Crippen LogP contribution in [0.5, 0.6) is 0 Å². The Morgan fingerprint density at radius 2 is 1.92 bits per heavy atom. The van der Waals surface area contributed by atoms with Crippen molar-refractivity contribution >= 4 is 32.5 Å². The molecule has 0 saturated heterocycles. The Morgan fingerprint density at radius 1 is 1.12 bits per heavy atom. The minimum absolute atomic E-state index is 0.128. The van der Waals surface area contributed by atoms with Crippen molar-refractivity contribution in [1.29, 1.82) is 0 Å². The van der Waals surface area contributed by atoms with Gasteiger partial charge in [-0.25, -0.2) is 8.42 Å². The molecule has 4 rings (SSSR count). The van der Waals surface area contributed by atoms with Gasteiger partial charge < -0.3 is 4.98 Å². The highest BCUT2D eigenvalue weighted by Gasteiger charge is 2.28. The molecule has 0 atom stereocenters. The predicted octanol–water partition coefficient (Wildman–Crippen LogP) is 3.24. The van der Waals surface area contributed by atoms with Crippen molar-refractivity contribution < 1.29 is 8.42 Å². The summed E-state index contributed by atoms with van der Waals surface area (Å²) in [5, 5.41) is 1.36. The van der Waals surface area contributed by atoms with E-state index in [9.17, 15) is 13.2 Å². The highest BCUT2D eigenvalue weighted by molar-refractivity contribution is 7.89. The van der Waals surface area contributed by atoms with Crippen molar-refractivity contribution in [3.63, 3.8) is 0 Å². The second-order valence-electron chi connectivity index (χ2n) is 6.54. The molecule has 0 saturated carbocycles. The number of aryl methyl sites for hydroxylation is 1. The summed E-state index contributed by atoms with van der Waals surface area (Å²) < 4.78 is 27.3. The van der Waals surface area contributed by atoms with Crippen LogP contribution in [0.3, 0.4) is 0 Å². The van der Waals surface area contributed by atoms with Crippen LogP contribution in [-0.4, -0.2) is 24.3 Å². The lowest BCUT2D eigenvalue weighted by atomic mass is 9.98. The SMILES string of the molecule is Cc1cc2cc3c(cc2[nH]c1=O)CN(S(=O)(=O)c1cccc(Cl)c1)CC3. The van der Waals surface area contributed by atoms with Gasteiger partial charge in [-0.1, -0.05) is 17.7 Å². The molecule has 0 bridgehead atoms. The maximum absolute atomic E-state index is 12.9. The van der Waals surface area contributed by atoms with Gasteiger partial charge in [-0.15, -0.1) is 0 Å². The Bertz CT molecular complexity index is 1190. The Balaban J connectivity index is 1.74. The van der Waals surface area contributed by atoms with Crippen LogP contribution in [0.2, 0.25) is 5.02 Å². The van der Waals surface area contributed by atoms with Gasteiger partial charge in [0.05, 0.1) is 4.90 Å². The van der Waals surface area contributed by atoms with E-state index in [0.717, 1.165) is 22.0 Å². The number of benzene rings is 2. The van der Waals surface area contributed by atoms with Crippen molar-refractivity contribution in [3.8, 4) is 0 Å². The van der Waals surface area contributed by atoms with Crippen LogP contribution in [0.4, 0.5) is 0 Å². The summed E-state index contributed by atoms with van der Waals surface area (Å²) in [7, 11) is -3.62. The van der Waals surface area contributed by atoms with Crippen molar-refractivity contribution in [2.24, 2.45) is 0 Å². The van der Waals surface area contributed by atoms with E-state index in [2.05, 4.69) is 4.98 Å². The van der Waals surface area contributed by atoms with Gasteiger partial charge in [-0.05, 0) is 66.3 Å². The summed E-state index contributed by atoms with van der Waals surface area (Å²) in [6.07, 6.45) is 0.628. The molecule has 0 aliphatic carbocycles. The first-order chi connectivity index (χ1) is 12.3. The molecule has 0 fully saturated rings. The highest BCUT2D eigenvalue weighted by atomic mass is 35.5. The largest absolute Gasteiger partial charge is 0.322 e. The van der Waals surface area contributed by atoms with Gasteiger partial charge in [0.1, 0.15) is 0 Å². The fraction of sp³-hybridized carbons (Fsp3) is 0.211. The van der Waals surface area contributed by atoms with Crippen LogP contribution in [0.15, 0.2) is 52.2 Å². The number of nitrogens with one attached hydrogen (secondary N) is 1. The normalized spacial score (nSPS) is 15.2. The molecule has 5 nitrogen and oxygen atoms in total. The molecule has 7 heteroatoms. The number of aromatic amines is 1. The maximum atomic E-state index is 12.9. The lowest BCUT2D eigenvalue weighted by Crippen LogP contribution is -2.36. The summed E-state index contributed by atoms with van der Waals surface area (Å²) in [5.74, 6) is 0. The second-order valence-corrected chi connectivity index (χ2v) is 8.91. The number of hydrogen-bond donors (Lipinski definition) is 1. The summed E-state index contributed by atoms with van der Waals surface area (Å²) in [6, 6.07) is 12.1. The number of nitrogens with zero attached hydrogens (tertiary/aromatic N) is 1. The summed E-state index contributed by atoms with van der Waals surface area (Å²) >= 11 is 5.95. The molecule has 3 aromatic rings. The Kier molecular flexibility index (Phi) is 4.14. The third kappa shape index (κ3) is 2.94. The van der Waals surface area contributed by atoms with Gasteiger partial charge in [0.15, 0.2) is 0 Å². The summed E-state index contributed by atoms with van der Waals surface area (Å²) in [6.45, 7) is 2.46. The molecule has 1 N–H and O–H groups in total. The molecule has 0 spiro atoms. The zero-order valence-corrected chi connectivity index (χ0v) is 15.7. The maximum Gasteiger partial charge on any atom is 0.251 e. The third-order valence-electron chi connectivity index (χ3n) is 4.76. The molecule has 26 heavy (non-hydrogen) atoms. The Morgan fingerprint density at radius 3 is 2.69 bits per heavy atom. The fourth-order valence-electron chi connectivity index (χ4n) is 3.33. The number of H-pyrrole nitrogens is 1. The number of fused-ring (bicyclic) bond motifs is 2. The van der Waals surface area contributed by atoms with E-state index in [1.807, 2.05) is 18.2 Å². The lowest BCUT2D eigenvalue weighted by Gasteiger charge is -2.28. The van der Waals surface area contributed by atoms with Gasteiger partial charge in [0, 0.05) is 29.2 Å². The first-order valence-electron chi connectivity index (χ1n) is 8.26. The van der Waals surface area contributed by atoms with Gasteiger partial charge in [-0.3, -0.25) is 4.79 Å². The number of aromatic nitrogens is 1. The van der Waals surface area contributed by atoms with Crippen LogP contribution < -0.4 is 5.56 Å². The molecule has 0 amide bonds. The molecular weight excluding hydrogens is 372 g/mol. The topological polar surface area (TPSA) is 70.2 Å². The van der Waals surface area contributed by atoms with E-state index in [4.69, 9.17) is 11.6 Å². The zero-order chi connectivity index (χ0) is 18.5. The van der Waals surface area contributed by atoms with Crippen molar-refractivity contribution in [3.05, 3.63) is 74.5 Å². The van der Waals surface area contributed by atoms with Gasteiger partial charge >= 0.3 is 0 Å². The zero-order valence-electron chi connectivity index (χ0n) is 14.1. The van der Waals surface area contributed by atoms with E-state index in [0.29, 0.717) is 23.6 Å². The van der Waals surface area contributed by atoms with E-state index < -0.39 is 10.0 Å². The summed E-state index contributed by atoms with van der Waals surface area (Å²) in [4.78, 5) is 14.9. The minimum atomic E-state index is -3.62. The molecule has 0 radical (unpaired) electrons. The first kappa shape index (κ1) is 17.3. The van der Waals surface area contributed by atoms with Crippen LogP contribution in [-0.2, 0) is 23.0 Å². The van der Waals surface area contributed by atoms with E-state index in [1.54, 1.807) is 25.1 Å². The van der Waals surface area contributed by atoms with E-state index in [-0.39, 0.29) is 17.0 Å². The average molecular weight is 389 g/mol. The van der Waals surface area contributed by atoms with Crippen molar-refractivity contribution in [2.75, 3.05) is 6.54 Å². The van der Waals surface area contributed by atoms with Crippen LogP contribution in [0.1, 0.15) is 16.7 Å². The van der Waals surface area contributed by atoms with Crippen molar-refractivity contribution in [1.82, 2.24) is 9.29 Å². The quantitative estimate of drug-likeness (QED) is 0.732. The third-order valence-corrected chi connectivity index (χ3v) is 6.84.